The molecule has 0 aliphatic carbocycles. The quantitative estimate of drug-likeness (QED) is 0.344. The molecule has 1 rings (SSSR count). The van der Waals surface area contributed by atoms with Gasteiger partial charge >= 0.3 is 6.16 Å². The fraction of sp³-hybridized carbons (Fsp3) is 0.357. The zero-order chi connectivity index (χ0) is 13.8. The molecule has 0 aliphatic rings. The summed E-state index contributed by atoms with van der Waals surface area (Å²) < 4.78 is 12.9. The van der Waals surface area contributed by atoms with Crippen LogP contribution < -0.4 is 10.1 Å². The molecule has 1 aromatic rings. The average molecular weight is 265 g/mol. The number of benzene rings is 1. The first kappa shape index (κ1) is 14.6. The highest BCUT2D eigenvalue weighted by molar-refractivity contribution is 6.90. The molecule has 4 heteroatoms. The molecule has 2 nitrogen and oxygen atoms in total. The van der Waals surface area contributed by atoms with E-state index in [1.54, 1.807) is 13.0 Å². The van der Waals surface area contributed by atoms with E-state index in [0.717, 1.165) is 10.9 Å². The third kappa shape index (κ3) is 3.29. The number of nitrogens with zero attached hydrogens (tertiary/aromatic N) is 1. The minimum Gasteiger partial charge on any atom is -0.285 e. The van der Waals surface area contributed by atoms with Crippen LogP contribution in [0.5, 0.6) is 0 Å². The van der Waals surface area contributed by atoms with Gasteiger partial charge < -0.3 is 0 Å². The van der Waals surface area contributed by atoms with E-state index in [1.165, 1.54) is 5.19 Å². The molecule has 0 saturated carbocycles. The Bertz CT molecular complexity index is 445. The van der Waals surface area contributed by atoms with Gasteiger partial charge in [0.1, 0.15) is 0 Å². The molecular formula is C14H20FNOSi. The molecule has 1 aromatic carbocycles. The first-order chi connectivity index (χ1) is 8.42. The van der Waals surface area contributed by atoms with E-state index in [1.807, 2.05) is 18.2 Å². The fourth-order valence-corrected chi connectivity index (χ4v) is 4.03. The lowest BCUT2D eigenvalue weighted by atomic mass is 10.3. The molecule has 0 saturated heterocycles. The molecule has 0 aromatic heterocycles. The summed E-state index contributed by atoms with van der Waals surface area (Å²) in [6.45, 7) is 10.4. The zero-order valence-corrected chi connectivity index (χ0v) is 12.2. The van der Waals surface area contributed by atoms with Crippen molar-refractivity contribution in [1.82, 2.24) is 0 Å². The highest BCUT2D eigenvalue weighted by Crippen LogP contribution is 2.17. The molecule has 0 fully saturated rings. The van der Waals surface area contributed by atoms with E-state index >= 15 is 0 Å². The Kier molecular flexibility index (Phi) is 4.84. The monoisotopic (exact) mass is 265 g/mol. The highest BCUT2D eigenvalue weighted by Gasteiger charge is 2.23. The van der Waals surface area contributed by atoms with Crippen LogP contribution in [0, 0.1) is 0 Å². The topological polar surface area (TPSA) is 20.3 Å². The summed E-state index contributed by atoms with van der Waals surface area (Å²) in [5.41, 5.74) is 0.632. The van der Waals surface area contributed by atoms with Crippen LogP contribution in [0.25, 0.3) is 0 Å². The average Bonchev–Trinajstić information content (AvgIpc) is 2.30. The van der Waals surface area contributed by atoms with E-state index < -0.39 is 14.2 Å². The third-order valence-corrected chi connectivity index (χ3v) is 6.31. The van der Waals surface area contributed by atoms with Crippen molar-refractivity contribution in [1.29, 1.82) is 0 Å². The van der Waals surface area contributed by atoms with E-state index in [0.29, 0.717) is 12.2 Å². The van der Waals surface area contributed by atoms with Crippen LogP contribution in [0.4, 0.5) is 14.9 Å². The largest absolute Gasteiger partial charge is 0.404 e. The molecule has 18 heavy (non-hydrogen) atoms. The van der Waals surface area contributed by atoms with E-state index in [4.69, 9.17) is 0 Å². The second-order valence-corrected chi connectivity index (χ2v) is 9.68. The maximum absolute atomic E-state index is 12.9. The Labute approximate surface area is 109 Å². The number of amides is 1. The van der Waals surface area contributed by atoms with Gasteiger partial charge in [0.15, 0.2) is 0 Å². The maximum Gasteiger partial charge on any atom is 0.404 e. The van der Waals surface area contributed by atoms with Crippen molar-refractivity contribution in [3.63, 3.8) is 0 Å². The normalized spacial score (nSPS) is 11.1. The number of hydrogen-bond donors (Lipinski definition) is 0. The van der Waals surface area contributed by atoms with Gasteiger partial charge in [0.2, 0.25) is 0 Å². The Morgan fingerprint density at radius 3 is 2.67 bits per heavy atom. The highest BCUT2D eigenvalue weighted by atomic mass is 28.3. The first-order valence-corrected chi connectivity index (χ1v) is 9.31. The Hall–Kier alpha value is -1.42. The molecule has 1 amide bonds. The van der Waals surface area contributed by atoms with Crippen LogP contribution in [0.15, 0.2) is 36.9 Å². The predicted molar refractivity (Wildman–Crippen MR) is 78.1 cm³/mol. The predicted octanol–water partition coefficient (Wildman–Crippen LogP) is 3.70. The van der Waals surface area contributed by atoms with Crippen molar-refractivity contribution in [3.05, 3.63) is 36.9 Å². The lowest BCUT2D eigenvalue weighted by Crippen LogP contribution is -2.41. The molecule has 0 heterocycles. The van der Waals surface area contributed by atoms with E-state index in [-0.39, 0.29) is 0 Å². The molecule has 0 N–H and O–H groups in total. The number of allylic oxidation sites excluding steroid dienone is 1. The summed E-state index contributed by atoms with van der Waals surface area (Å²) >= 11 is 0. The molecule has 0 aliphatic heterocycles. The number of carbonyl (C=O) groups excluding carboxylic acids is 1. The number of anilines is 1. The van der Waals surface area contributed by atoms with Crippen molar-refractivity contribution >= 4 is 25.1 Å². The molecule has 0 unspecified atom stereocenters. The van der Waals surface area contributed by atoms with Gasteiger partial charge in [-0.25, -0.2) is 4.79 Å². The smallest absolute Gasteiger partial charge is 0.285 e. The Morgan fingerprint density at radius 2 is 2.17 bits per heavy atom. The van der Waals surface area contributed by atoms with Crippen molar-refractivity contribution < 1.29 is 9.18 Å². The van der Waals surface area contributed by atoms with Crippen LogP contribution in [-0.4, -0.2) is 20.8 Å². The zero-order valence-electron chi connectivity index (χ0n) is 11.2. The summed E-state index contributed by atoms with van der Waals surface area (Å²) in [7, 11) is -1.58. The van der Waals surface area contributed by atoms with E-state index in [2.05, 4.69) is 25.7 Å². The second-order valence-electron chi connectivity index (χ2n) is 4.92. The number of carbonyl (C=O) groups is 1. The number of rotatable bonds is 5. The van der Waals surface area contributed by atoms with Crippen molar-refractivity contribution in [2.24, 2.45) is 0 Å². The van der Waals surface area contributed by atoms with Gasteiger partial charge in [0.25, 0.3) is 0 Å². The van der Waals surface area contributed by atoms with Gasteiger partial charge in [-0.1, -0.05) is 36.5 Å². The van der Waals surface area contributed by atoms with Gasteiger partial charge in [-0.2, -0.15) is 0 Å². The third-order valence-electron chi connectivity index (χ3n) is 3.12. The molecule has 98 valence electrons. The lowest BCUT2D eigenvalue weighted by molar-refractivity contribution is 0.228. The minimum atomic E-state index is -1.58. The van der Waals surface area contributed by atoms with Crippen LogP contribution in [0.2, 0.25) is 19.1 Å². The molecule has 0 spiro atoms. The first-order valence-electron chi connectivity index (χ1n) is 6.11. The minimum absolute atomic E-state index is 0.336. The van der Waals surface area contributed by atoms with Gasteiger partial charge in [-0.15, -0.1) is 11.0 Å². The Morgan fingerprint density at radius 1 is 1.50 bits per heavy atom. The maximum atomic E-state index is 12.9. The Balaban J connectivity index is 3.12. The van der Waals surface area contributed by atoms with Gasteiger partial charge in [-0.3, -0.25) is 4.90 Å². The summed E-state index contributed by atoms with van der Waals surface area (Å²) in [6.07, 6.45) is 0.523. The van der Waals surface area contributed by atoms with Gasteiger partial charge in [0, 0.05) is 12.2 Å². The van der Waals surface area contributed by atoms with Crippen LogP contribution in [-0.2, 0) is 0 Å². The summed E-state index contributed by atoms with van der Waals surface area (Å²) in [4.78, 5) is 12.1. The summed E-state index contributed by atoms with van der Waals surface area (Å²) in [5, 5.41) is 1.21. The standard InChI is InChI=1S/C14H20FNOSi/c1-5-10-18(3,4)13-9-7-8-12(11-13)16(6-2)14(15)17/h5,7-9,11H,1,6,10H2,2-4H3. The molecule has 0 bridgehead atoms. The lowest BCUT2D eigenvalue weighted by Gasteiger charge is -2.24. The van der Waals surface area contributed by atoms with Crippen molar-refractivity contribution in [2.75, 3.05) is 11.4 Å². The second kappa shape index (κ2) is 5.95. The van der Waals surface area contributed by atoms with Crippen molar-refractivity contribution in [3.8, 4) is 0 Å². The summed E-state index contributed by atoms with van der Waals surface area (Å²) in [5.74, 6) is 0. The summed E-state index contributed by atoms with van der Waals surface area (Å²) in [6, 6.07) is 8.59. The molecule has 0 radical (unpaired) electrons. The van der Waals surface area contributed by atoms with Crippen LogP contribution in [0.1, 0.15) is 6.92 Å². The van der Waals surface area contributed by atoms with Gasteiger partial charge in [-0.05, 0) is 25.1 Å². The van der Waals surface area contributed by atoms with Crippen LogP contribution in [0.3, 0.4) is 0 Å². The number of halogens is 1. The van der Waals surface area contributed by atoms with Gasteiger partial charge in [0.05, 0.1) is 8.07 Å². The van der Waals surface area contributed by atoms with Crippen molar-refractivity contribution in [2.45, 2.75) is 26.1 Å². The molecular weight excluding hydrogens is 245 g/mol. The fourth-order valence-electron chi connectivity index (χ4n) is 1.98. The number of hydrogen-bond acceptors (Lipinski definition) is 1. The molecule has 0 atom stereocenters. The SMILES string of the molecule is C=CC[Si](C)(C)c1cccc(N(CC)C(=O)F)c1. The van der Waals surface area contributed by atoms with Crippen LogP contribution >= 0.6 is 0 Å². The van der Waals surface area contributed by atoms with E-state index in [9.17, 15) is 9.18 Å².